The van der Waals surface area contributed by atoms with E-state index in [1.165, 1.54) is 13.4 Å². The molecule has 0 spiro atoms. The fourth-order valence-electron chi connectivity index (χ4n) is 0.398. The van der Waals surface area contributed by atoms with Gasteiger partial charge in [-0.15, -0.1) is 0 Å². The molecule has 0 aromatic carbocycles. The molecule has 0 atom stereocenters. The lowest BCUT2D eigenvalue weighted by molar-refractivity contribution is -0.250. The maximum absolute atomic E-state index is 10.8. The minimum absolute atomic E-state index is 0.369. The van der Waals surface area contributed by atoms with Gasteiger partial charge in [0.1, 0.15) is 0 Å². The molecule has 0 rings (SSSR count). The first kappa shape index (κ1) is 9.97. The lowest BCUT2D eigenvalue weighted by Crippen LogP contribution is -2.04. The summed E-state index contributed by atoms with van der Waals surface area (Å²) in [6, 6.07) is 0. The summed E-state index contributed by atoms with van der Waals surface area (Å²) in [5, 5.41) is 0. The van der Waals surface area contributed by atoms with Crippen molar-refractivity contribution in [3.63, 3.8) is 0 Å². The number of carbonyl (C=O) groups excluding carboxylic acids is 1. The molecule has 4 heteroatoms. The molecule has 0 aromatic heterocycles. The highest BCUT2D eigenvalue weighted by Crippen LogP contribution is 1.96. The van der Waals surface area contributed by atoms with Crippen LogP contribution in [0.15, 0.2) is 11.8 Å². The van der Waals surface area contributed by atoms with Gasteiger partial charge in [0.25, 0.3) is 0 Å². The molecular formula is C7H12O4. The van der Waals surface area contributed by atoms with Crippen LogP contribution < -0.4 is 0 Å². The summed E-state index contributed by atoms with van der Waals surface area (Å²) in [4.78, 5) is 19.1. The summed E-state index contributed by atoms with van der Waals surface area (Å²) in [6.45, 7) is 3.93. The average Bonchev–Trinajstić information content (AvgIpc) is 2.00. The summed E-state index contributed by atoms with van der Waals surface area (Å²) >= 11 is 0. The van der Waals surface area contributed by atoms with Crippen molar-refractivity contribution < 1.29 is 19.3 Å². The maximum atomic E-state index is 10.8. The van der Waals surface area contributed by atoms with Crippen molar-refractivity contribution in [1.82, 2.24) is 0 Å². The zero-order chi connectivity index (χ0) is 8.69. The predicted octanol–water partition coefficient (Wildman–Crippen LogP) is 1.03. The maximum Gasteiger partial charge on any atom is 0.371 e. The first-order valence-electron chi connectivity index (χ1n) is 3.25. The zero-order valence-corrected chi connectivity index (χ0v) is 6.92. The summed E-state index contributed by atoms with van der Waals surface area (Å²) in [5.41, 5.74) is 0.369. The zero-order valence-electron chi connectivity index (χ0n) is 6.92. The van der Waals surface area contributed by atoms with Gasteiger partial charge in [-0.3, -0.25) is 4.89 Å². The van der Waals surface area contributed by atoms with Crippen LogP contribution >= 0.6 is 0 Å². The fourth-order valence-corrected chi connectivity index (χ4v) is 0.398. The minimum atomic E-state index is -0.541. The SMILES string of the molecule is CCOC=C(C)C(=O)OOC. The molecule has 0 fully saturated rings. The summed E-state index contributed by atoms with van der Waals surface area (Å²) in [7, 11) is 1.27. The molecule has 0 N–H and O–H groups in total. The van der Waals surface area contributed by atoms with Gasteiger partial charge in [0, 0.05) is 0 Å². The van der Waals surface area contributed by atoms with E-state index in [0.717, 1.165) is 0 Å². The summed E-state index contributed by atoms with van der Waals surface area (Å²) < 4.78 is 4.84. The Kier molecular flexibility index (Phi) is 5.20. The summed E-state index contributed by atoms with van der Waals surface area (Å²) in [6.07, 6.45) is 1.33. The molecule has 0 unspecified atom stereocenters. The molecule has 4 nitrogen and oxygen atoms in total. The Bertz CT molecular complexity index is 151. The molecule has 11 heavy (non-hydrogen) atoms. The van der Waals surface area contributed by atoms with E-state index < -0.39 is 5.97 Å². The van der Waals surface area contributed by atoms with Crippen molar-refractivity contribution in [2.75, 3.05) is 13.7 Å². The van der Waals surface area contributed by atoms with Crippen molar-refractivity contribution in [2.24, 2.45) is 0 Å². The third-order valence-electron chi connectivity index (χ3n) is 0.908. The van der Waals surface area contributed by atoms with Gasteiger partial charge in [-0.25, -0.2) is 4.79 Å². The van der Waals surface area contributed by atoms with E-state index >= 15 is 0 Å². The van der Waals surface area contributed by atoms with Crippen LogP contribution in [0.3, 0.4) is 0 Å². The van der Waals surface area contributed by atoms with Crippen LogP contribution in [0.5, 0.6) is 0 Å². The molecule has 0 amide bonds. The van der Waals surface area contributed by atoms with Gasteiger partial charge < -0.3 is 4.74 Å². The van der Waals surface area contributed by atoms with E-state index in [2.05, 4.69) is 9.78 Å². The van der Waals surface area contributed by atoms with Crippen LogP contribution in [-0.4, -0.2) is 19.7 Å². The van der Waals surface area contributed by atoms with Gasteiger partial charge in [-0.1, -0.05) is 0 Å². The Labute approximate surface area is 65.7 Å². The van der Waals surface area contributed by atoms with Crippen LogP contribution in [0.1, 0.15) is 13.8 Å². The van der Waals surface area contributed by atoms with Crippen molar-refractivity contribution in [3.8, 4) is 0 Å². The topological polar surface area (TPSA) is 44.8 Å². The van der Waals surface area contributed by atoms with E-state index in [0.29, 0.717) is 12.2 Å². The van der Waals surface area contributed by atoms with Gasteiger partial charge >= 0.3 is 5.97 Å². The molecule has 0 saturated heterocycles. The van der Waals surface area contributed by atoms with Gasteiger partial charge in [-0.05, 0) is 13.8 Å². The largest absolute Gasteiger partial charge is 0.501 e. The standard InChI is InChI=1S/C7H12O4/c1-4-10-5-6(2)7(8)11-9-3/h5H,4H2,1-3H3. The lowest BCUT2D eigenvalue weighted by Gasteiger charge is -1.99. The van der Waals surface area contributed by atoms with Crippen molar-refractivity contribution >= 4 is 5.97 Å². The Morgan fingerprint density at radius 3 is 2.64 bits per heavy atom. The van der Waals surface area contributed by atoms with E-state index in [1.54, 1.807) is 6.92 Å². The molecule has 0 aliphatic heterocycles. The van der Waals surface area contributed by atoms with E-state index in [-0.39, 0.29) is 0 Å². The lowest BCUT2D eigenvalue weighted by atomic mass is 10.3. The molecule has 0 aromatic rings. The van der Waals surface area contributed by atoms with Crippen LogP contribution in [-0.2, 0) is 19.3 Å². The highest BCUT2D eigenvalue weighted by molar-refractivity contribution is 5.86. The molecule has 0 radical (unpaired) electrons. The van der Waals surface area contributed by atoms with Crippen molar-refractivity contribution in [3.05, 3.63) is 11.8 Å². The normalized spacial score (nSPS) is 11.0. The Balaban J connectivity index is 3.80. The van der Waals surface area contributed by atoms with E-state index in [1.807, 2.05) is 6.92 Å². The number of ether oxygens (including phenoxy) is 1. The monoisotopic (exact) mass is 160 g/mol. The smallest absolute Gasteiger partial charge is 0.371 e. The first-order valence-corrected chi connectivity index (χ1v) is 3.25. The number of hydrogen-bond donors (Lipinski definition) is 0. The van der Waals surface area contributed by atoms with Crippen molar-refractivity contribution in [2.45, 2.75) is 13.8 Å². The van der Waals surface area contributed by atoms with Crippen molar-refractivity contribution in [1.29, 1.82) is 0 Å². The van der Waals surface area contributed by atoms with Crippen LogP contribution in [0.2, 0.25) is 0 Å². The molecular weight excluding hydrogens is 148 g/mol. The third kappa shape index (κ3) is 4.38. The first-order chi connectivity index (χ1) is 5.22. The Morgan fingerprint density at radius 1 is 1.55 bits per heavy atom. The molecule has 64 valence electrons. The fraction of sp³-hybridized carbons (Fsp3) is 0.571. The molecule has 0 aliphatic carbocycles. The van der Waals surface area contributed by atoms with Gasteiger partial charge in [0.2, 0.25) is 0 Å². The third-order valence-corrected chi connectivity index (χ3v) is 0.908. The molecule has 0 aliphatic rings. The van der Waals surface area contributed by atoms with Crippen LogP contribution in [0.4, 0.5) is 0 Å². The second kappa shape index (κ2) is 5.73. The number of hydrogen-bond acceptors (Lipinski definition) is 4. The highest BCUT2D eigenvalue weighted by Gasteiger charge is 2.05. The van der Waals surface area contributed by atoms with Gasteiger partial charge in [0.05, 0.1) is 25.6 Å². The molecule has 0 heterocycles. The van der Waals surface area contributed by atoms with Crippen LogP contribution in [0, 0.1) is 0 Å². The average molecular weight is 160 g/mol. The number of rotatable bonds is 4. The summed E-state index contributed by atoms with van der Waals surface area (Å²) in [5.74, 6) is -0.541. The highest BCUT2D eigenvalue weighted by atomic mass is 17.2. The van der Waals surface area contributed by atoms with Crippen LogP contribution in [0.25, 0.3) is 0 Å². The number of carbonyl (C=O) groups is 1. The van der Waals surface area contributed by atoms with Gasteiger partial charge in [0.15, 0.2) is 0 Å². The van der Waals surface area contributed by atoms with E-state index in [4.69, 9.17) is 4.74 Å². The minimum Gasteiger partial charge on any atom is -0.501 e. The Morgan fingerprint density at radius 2 is 2.18 bits per heavy atom. The second-order valence-electron chi connectivity index (χ2n) is 1.79. The van der Waals surface area contributed by atoms with E-state index in [9.17, 15) is 4.79 Å². The Hall–Kier alpha value is -1.03. The van der Waals surface area contributed by atoms with Gasteiger partial charge in [-0.2, -0.15) is 4.89 Å². The second-order valence-corrected chi connectivity index (χ2v) is 1.79. The predicted molar refractivity (Wildman–Crippen MR) is 38.5 cm³/mol. The molecule has 0 saturated carbocycles. The molecule has 0 bridgehead atoms. The quantitative estimate of drug-likeness (QED) is 0.267.